The second-order valence-corrected chi connectivity index (χ2v) is 12.3. The quantitative estimate of drug-likeness (QED) is 0.267. The van der Waals surface area contributed by atoms with E-state index in [1.54, 1.807) is 12.3 Å². The Morgan fingerprint density at radius 1 is 1.09 bits per heavy atom. The standard InChI is InChI=1S/C33H33F2N9O2/c1-18(21-8-4-10-38-29(21)37)44-12-13-45-31-24-27(25(35)28(40-31)26-22-7-3-2-6-19(22)14-23(36)39-26)41-32(42-30(24)44)46-17-33-9-5-11-43(33)16-20(34)15-33/h2-4,6-8,10,14,18,20H,5,9,11-13,15-17H2,1H3,(H2,36,39)(H2,37,38)/t18-,20-,33+/m1/s1. The molecule has 11 nitrogen and oxygen atoms in total. The second-order valence-electron chi connectivity index (χ2n) is 12.3. The van der Waals surface area contributed by atoms with Gasteiger partial charge in [0.15, 0.2) is 5.82 Å². The lowest BCUT2D eigenvalue weighted by Gasteiger charge is -2.32. The molecule has 0 bridgehead atoms. The highest BCUT2D eigenvalue weighted by Gasteiger charge is 2.49. The number of halogens is 2. The third-order valence-electron chi connectivity index (χ3n) is 9.56. The van der Waals surface area contributed by atoms with Crippen LogP contribution in [0.2, 0.25) is 0 Å². The Labute approximate surface area is 263 Å². The zero-order valence-corrected chi connectivity index (χ0v) is 25.3. The predicted molar refractivity (Wildman–Crippen MR) is 171 cm³/mol. The minimum absolute atomic E-state index is 0.0170. The summed E-state index contributed by atoms with van der Waals surface area (Å²) in [6, 6.07) is 12.6. The summed E-state index contributed by atoms with van der Waals surface area (Å²) in [5.41, 5.74) is 13.0. The predicted octanol–water partition coefficient (Wildman–Crippen LogP) is 4.85. The van der Waals surface area contributed by atoms with Crippen molar-refractivity contribution in [2.24, 2.45) is 0 Å². The highest BCUT2D eigenvalue weighted by molar-refractivity contribution is 6.00. The number of hydrogen-bond donors (Lipinski definition) is 2. The van der Waals surface area contributed by atoms with Gasteiger partial charge in [-0.25, -0.2) is 23.7 Å². The summed E-state index contributed by atoms with van der Waals surface area (Å²) < 4.78 is 43.9. The topological polar surface area (TPSA) is 141 Å². The Hall–Kier alpha value is -4.91. The molecule has 8 rings (SSSR count). The lowest BCUT2D eigenvalue weighted by molar-refractivity contribution is 0.107. The van der Waals surface area contributed by atoms with E-state index in [1.807, 2.05) is 48.2 Å². The first kappa shape index (κ1) is 28.6. The molecule has 3 aliphatic rings. The molecule has 0 aliphatic carbocycles. The number of rotatable bonds is 6. The Morgan fingerprint density at radius 2 is 1.96 bits per heavy atom. The fourth-order valence-corrected chi connectivity index (χ4v) is 7.36. The van der Waals surface area contributed by atoms with Gasteiger partial charge in [-0.3, -0.25) is 4.90 Å². The molecule has 0 radical (unpaired) electrons. The highest BCUT2D eigenvalue weighted by Crippen LogP contribution is 2.44. The molecule has 2 saturated heterocycles. The molecule has 1 aromatic carbocycles. The van der Waals surface area contributed by atoms with Crippen molar-refractivity contribution in [3.05, 3.63) is 60.0 Å². The van der Waals surface area contributed by atoms with Crippen molar-refractivity contribution < 1.29 is 18.3 Å². The minimum atomic E-state index is -0.918. The van der Waals surface area contributed by atoms with Crippen molar-refractivity contribution in [1.82, 2.24) is 29.8 Å². The van der Waals surface area contributed by atoms with Gasteiger partial charge in [-0.1, -0.05) is 30.3 Å². The summed E-state index contributed by atoms with van der Waals surface area (Å²) in [7, 11) is 0. The van der Waals surface area contributed by atoms with Crippen molar-refractivity contribution in [1.29, 1.82) is 0 Å². The molecule has 4 aromatic heterocycles. The second kappa shape index (κ2) is 10.9. The van der Waals surface area contributed by atoms with Gasteiger partial charge < -0.3 is 25.8 Å². The first-order valence-corrected chi connectivity index (χ1v) is 15.5. The molecule has 46 heavy (non-hydrogen) atoms. The molecule has 3 aliphatic heterocycles. The molecule has 0 saturated carbocycles. The number of ether oxygens (including phenoxy) is 2. The van der Waals surface area contributed by atoms with Crippen molar-refractivity contribution in [2.45, 2.75) is 43.9 Å². The number of nitrogen functional groups attached to an aromatic ring is 2. The van der Waals surface area contributed by atoms with Gasteiger partial charge in [0.2, 0.25) is 5.88 Å². The van der Waals surface area contributed by atoms with E-state index in [0.29, 0.717) is 41.9 Å². The van der Waals surface area contributed by atoms with Gasteiger partial charge in [0.05, 0.1) is 18.1 Å². The molecule has 236 valence electrons. The first-order chi connectivity index (χ1) is 22.3. The maximum Gasteiger partial charge on any atom is 0.319 e. The van der Waals surface area contributed by atoms with Gasteiger partial charge in [0, 0.05) is 30.1 Å². The molecule has 13 heteroatoms. The minimum Gasteiger partial charge on any atom is -0.475 e. The summed E-state index contributed by atoms with van der Waals surface area (Å²) >= 11 is 0. The number of anilines is 3. The number of aromatic nitrogens is 5. The van der Waals surface area contributed by atoms with E-state index in [0.717, 1.165) is 30.3 Å². The van der Waals surface area contributed by atoms with E-state index >= 15 is 4.39 Å². The van der Waals surface area contributed by atoms with Gasteiger partial charge in [0.25, 0.3) is 0 Å². The van der Waals surface area contributed by atoms with Gasteiger partial charge >= 0.3 is 6.01 Å². The van der Waals surface area contributed by atoms with Gasteiger partial charge in [-0.05, 0) is 43.8 Å². The SMILES string of the molecule is C[C@H](c1cccnc1N)N1CCOc2nc(-c3nc(N)cc4ccccc34)c(F)c3nc(OC[C@@]45CCCN4C[C@H](F)C5)nc1c23. The number of nitrogens with zero attached hydrogens (tertiary/aromatic N) is 7. The summed E-state index contributed by atoms with van der Waals surface area (Å²) in [6.07, 6.45) is 2.87. The first-order valence-electron chi connectivity index (χ1n) is 15.5. The third-order valence-corrected chi connectivity index (χ3v) is 9.56. The largest absolute Gasteiger partial charge is 0.475 e. The zero-order chi connectivity index (χ0) is 31.6. The summed E-state index contributed by atoms with van der Waals surface area (Å²) in [5.74, 6) is 0.462. The maximum atomic E-state index is 16.9. The number of nitrogens with two attached hydrogens (primary N) is 2. The lowest BCUT2D eigenvalue weighted by atomic mass is 9.95. The monoisotopic (exact) mass is 625 g/mol. The van der Waals surface area contributed by atoms with E-state index in [1.165, 1.54) is 0 Å². The molecular formula is C33H33F2N9O2. The van der Waals surface area contributed by atoms with E-state index in [4.69, 9.17) is 25.9 Å². The smallest absolute Gasteiger partial charge is 0.319 e. The van der Waals surface area contributed by atoms with Crippen molar-refractivity contribution in [3.8, 4) is 23.3 Å². The molecule has 4 N–H and O–H groups in total. The summed E-state index contributed by atoms with van der Waals surface area (Å²) in [6.45, 7) is 3.98. The number of hydrogen-bond acceptors (Lipinski definition) is 11. The maximum absolute atomic E-state index is 16.9. The van der Waals surface area contributed by atoms with Gasteiger partial charge in [-0.15, -0.1) is 0 Å². The van der Waals surface area contributed by atoms with Gasteiger partial charge in [-0.2, -0.15) is 9.97 Å². The van der Waals surface area contributed by atoms with Crippen LogP contribution in [0.3, 0.4) is 0 Å². The summed E-state index contributed by atoms with van der Waals surface area (Å²) in [4.78, 5) is 27.0. The molecule has 0 spiro atoms. The molecule has 5 aromatic rings. The van der Waals surface area contributed by atoms with Crippen LogP contribution in [-0.4, -0.2) is 74.4 Å². The fourth-order valence-electron chi connectivity index (χ4n) is 7.36. The van der Waals surface area contributed by atoms with Crippen molar-refractivity contribution in [2.75, 3.05) is 49.2 Å². The number of benzene rings is 1. The molecule has 2 fully saturated rings. The average Bonchev–Trinajstić information content (AvgIpc) is 3.51. The van der Waals surface area contributed by atoms with Crippen LogP contribution in [0.1, 0.15) is 37.8 Å². The average molecular weight is 626 g/mol. The zero-order valence-electron chi connectivity index (χ0n) is 25.3. The van der Waals surface area contributed by atoms with E-state index in [9.17, 15) is 4.39 Å². The van der Waals surface area contributed by atoms with E-state index < -0.39 is 17.5 Å². The number of alkyl halides is 1. The van der Waals surface area contributed by atoms with E-state index in [-0.39, 0.29) is 53.9 Å². The van der Waals surface area contributed by atoms with Crippen LogP contribution < -0.4 is 25.8 Å². The Morgan fingerprint density at radius 3 is 2.83 bits per heavy atom. The molecular weight excluding hydrogens is 592 g/mol. The normalized spacial score (nSPS) is 21.7. The molecule has 0 unspecified atom stereocenters. The Balaban J connectivity index is 1.31. The van der Waals surface area contributed by atoms with Crippen LogP contribution in [0.15, 0.2) is 48.7 Å². The van der Waals surface area contributed by atoms with Crippen LogP contribution in [0, 0.1) is 5.82 Å². The van der Waals surface area contributed by atoms with Crippen molar-refractivity contribution >= 4 is 39.1 Å². The molecule has 7 heterocycles. The Kier molecular flexibility index (Phi) is 6.74. The molecule has 3 atom stereocenters. The van der Waals surface area contributed by atoms with E-state index in [2.05, 4.69) is 24.8 Å². The van der Waals surface area contributed by atoms with Crippen LogP contribution >= 0.6 is 0 Å². The fraction of sp³-hybridized carbons (Fsp3) is 0.364. The lowest BCUT2D eigenvalue weighted by Crippen LogP contribution is -2.43. The third kappa shape index (κ3) is 4.60. The highest BCUT2D eigenvalue weighted by atomic mass is 19.1. The summed E-state index contributed by atoms with van der Waals surface area (Å²) in [5, 5.41) is 1.78. The van der Waals surface area contributed by atoms with Gasteiger partial charge in [0.1, 0.15) is 59.1 Å². The van der Waals surface area contributed by atoms with Crippen LogP contribution in [0.25, 0.3) is 33.1 Å². The van der Waals surface area contributed by atoms with Crippen LogP contribution in [0.4, 0.5) is 26.2 Å². The Bertz CT molecular complexity index is 2000. The van der Waals surface area contributed by atoms with Crippen LogP contribution in [-0.2, 0) is 0 Å². The number of pyridine rings is 3. The van der Waals surface area contributed by atoms with Crippen LogP contribution in [0.5, 0.6) is 11.9 Å². The van der Waals surface area contributed by atoms with Crippen molar-refractivity contribution in [3.63, 3.8) is 0 Å². The molecule has 0 amide bonds. The number of fused-ring (bicyclic) bond motifs is 2.